The molecule has 0 fully saturated rings. The van der Waals surface area contributed by atoms with Gasteiger partial charge < -0.3 is 20.7 Å². The summed E-state index contributed by atoms with van der Waals surface area (Å²) in [5.41, 5.74) is 1.18. The molecule has 10 heteroatoms. The van der Waals surface area contributed by atoms with E-state index in [9.17, 15) is 19.2 Å². The lowest BCUT2D eigenvalue weighted by Crippen LogP contribution is -2.51. The third-order valence-corrected chi connectivity index (χ3v) is 6.52. The number of halogens is 1. The lowest BCUT2D eigenvalue weighted by atomic mass is 10.1. The van der Waals surface area contributed by atoms with E-state index < -0.39 is 28.8 Å². The first-order valence-corrected chi connectivity index (χ1v) is 14.2. The largest absolute Gasteiger partial charge is 0.460 e. The van der Waals surface area contributed by atoms with E-state index in [4.69, 9.17) is 4.74 Å². The molecule has 0 aliphatic rings. The Labute approximate surface area is 226 Å². The topological polar surface area (TPSA) is 114 Å². The summed E-state index contributed by atoms with van der Waals surface area (Å²) in [4.78, 5) is 49.3. The fourth-order valence-corrected chi connectivity index (χ4v) is 4.37. The molecule has 8 nitrogen and oxygen atoms in total. The number of rotatable bonds is 15. The van der Waals surface area contributed by atoms with Crippen LogP contribution in [0.3, 0.4) is 0 Å². The van der Waals surface area contributed by atoms with Crippen LogP contribution < -0.4 is 16.0 Å². The first kappa shape index (κ1) is 31.7. The van der Waals surface area contributed by atoms with Crippen molar-refractivity contribution in [1.29, 1.82) is 0 Å². The van der Waals surface area contributed by atoms with Crippen LogP contribution in [-0.2, 0) is 30.3 Å². The Morgan fingerprint density at radius 2 is 1.75 bits per heavy atom. The van der Waals surface area contributed by atoms with Crippen LogP contribution in [0, 0.1) is 0 Å². The number of hydrogen-bond donors (Lipinski definition) is 3. The smallest absolute Gasteiger partial charge is 0.306 e. The van der Waals surface area contributed by atoms with E-state index in [1.54, 1.807) is 27.0 Å². The van der Waals surface area contributed by atoms with Crippen LogP contribution in [0.1, 0.15) is 52.0 Å². The van der Waals surface area contributed by atoms with Gasteiger partial charge in [0.05, 0.1) is 17.9 Å². The normalized spacial score (nSPS) is 12.7. The Balaban J connectivity index is 2.77. The average Bonchev–Trinajstić information content (AvgIpc) is 2.80. The lowest BCUT2D eigenvalue weighted by molar-refractivity contribution is -0.155. The van der Waals surface area contributed by atoms with Gasteiger partial charge in [0.2, 0.25) is 17.7 Å². The quantitative estimate of drug-likeness (QED) is 0.215. The fraction of sp³-hybridized carbons (Fsp3) is 0.538. The van der Waals surface area contributed by atoms with Crippen LogP contribution in [0.15, 0.2) is 42.6 Å². The molecule has 0 saturated heterocycles. The molecular formula is C26H38BrN3O5S. The molecule has 0 spiro atoms. The van der Waals surface area contributed by atoms with Crippen LogP contribution in [0.2, 0.25) is 0 Å². The SMILES string of the molecule is C=C(CCCc1ccccc1)NC(=O)C(SC)C(CCC(=O)OC(C)(C)C)NC(=O)CNC(=O)CBr. The minimum atomic E-state index is -0.672. The number of alkyl halides is 1. The number of nitrogens with one attached hydrogen (secondary N) is 3. The minimum absolute atomic E-state index is 0.0261. The molecular weight excluding hydrogens is 546 g/mol. The maximum Gasteiger partial charge on any atom is 0.306 e. The summed E-state index contributed by atoms with van der Waals surface area (Å²) in [6.07, 6.45) is 4.32. The Morgan fingerprint density at radius 1 is 1.08 bits per heavy atom. The van der Waals surface area contributed by atoms with Crippen LogP contribution >= 0.6 is 27.7 Å². The van der Waals surface area contributed by atoms with Gasteiger partial charge in [-0.1, -0.05) is 52.8 Å². The van der Waals surface area contributed by atoms with Gasteiger partial charge in [-0.15, -0.1) is 11.8 Å². The first-order valence-electron chi connectivity index (χ1n) is 11.8. The molecule has 0 aromatic heterocycles. The van der Waals surface area contributed by atoms with Gasteiger partial charge >= 0.3 is 5.97 Å². The number of thioether (sulfide) groups is 1. The van der Waals surface area contributed by atoms with Gasteiger partial charge in [0, 0.05) is 12.1 Å². The molecule has 0 aliphatic carbocycles. The average molecular weight is 585 g/mol. The van der Waals surface area contributed by atoms with E-state index >= 15 is 0 Å². The first-order chi connectivity index (χ1) is 16.9. The maximum absolute atomic E-state index is 13.1. The molecule has 0 aliphatic heterocycles. The highest BCUT2D eigenvalue weighted by molar-refractivity contribution is 9.09. The lowest BCUT2D eigenvalue weighted by Gasteiger charge is -2.27. The Kier molecular flexibility index (Phi) is 14.5. The number of esters is 1. The number of carbonyl (C=O) groups excluding carboxylic acids is 4. The van der Waals surface area contributed by atoms with Gasteiger partial charge in [0.25, 0.3) is 0 Å². The number of carbonyl (C=O) groups is 4. The minimum Gasteiger partial charge on any atom is -0.460 e. The van der Waals surface area contributed by atoms with Crippen molar-refractivity contribution in [3.05, 3.63) is 48.2 Å². The predicted molar refractivity (Wildman–Crippen MR) is 148 cm³/mol. The van der Waals surface area contributed by atoms with E-state index in [1.807, 2.05) is 18.2 Å². The molecule has 1 rings (SSSR count). The third kappa shape index (κ3) is 13.7. The van der Waals surface area contributed by atoms with Crippen molar-refractivity contribution in [2.24, 2.45) is 0 Å². The summed E-state index contributed by atoms with van der Waals surface area (Å²) in [5.74, 6) is -1.50. The zero-order chi connectivity index (χ0) is 27.1. The number of benzene rings is 1. The van der Waals surface area contributed by atoms with Crippen molar-refractivity contribution in [2.45, 2.75) is 69.8 Å². The van der Waals surface area contributed by atoms with Crippen molar-refractivity contribution in [3.8, 4) is 0 Å². The van der Waals surface area contributed by atoms with Gasteiger partial charge in [-0.2, -0.15) is 0 Å². The molecule has 3 N–H and O–H groups in total. The maximum atomic E-state index is 13.1. The van der Waals surface area contributed by atoms with Gasteiger partial charge in [-0.05, 0) is 58.3 Å². The summed E-state index contributed by atoms with van der Waals surface area (Å²) >= 11 is 4.30. The second kappa shape index (κ2) is 16.4. The molecule has 3 amide bonds. The van der Waals surface area contributed by atoms with Crippen LogP contribution in [0.4, 0.5) is 0 Å². The molecule has 0 heterocycles. The molecule has 0 saturated carbocycles. The highest BCUT2D eigenvalue weighted by Gasteiger charge is 2.30. The zero-order valence-corrected chi connectivity index (χ0v) is 23.9. The van der Waals surface area contributed by atoms with Gasteiger partial charge in [0.1, 0.15) is 10.9 Å². The van der Waals surface area contributed by atoms with Gasteiger partial charge in [-0.3, -0.25) is 19.2 Å². The van der Waals surface area contributed by atoms with Crippen molar-refractivity contribution in [3.63, 3.8) is 0 Å². The van der Waals surface area contributed by atoms with Crippen LogP contribution in [0.25, 0.3) is 0 Å². The number of amides is 3. The van der Waals surface area contributed by atoms with E-state index in [0.29, 0.717) is 12.1 Å². The highest BCUT2D eigenvalue weighted by atomic mass is 79.9. The summed E-state index contributed by atoms with van der Waals surface area (Å²) in [5, 5.41) is 7.53. The molecule has 2 atom stereocenters. The summed E-state index contributed by atoms with van der Waals surface area (Å²) in [6, 6.07) is 9.42. The Morgan fingerprint density at radius 3 is 2.33 bits per heavy atom. The third-order valence-electron chi connectivity index (χ3n) is 4.96. The van der Waals surface area contributed by atoms with Crippen LogP contribution in [-0.4, -0.2) is 58.7 Å². The number of hydrogen-bond acceptors (Lipinski definition) is 6. The number of aryl methyl sites for hydroxylation is 1. The van der Waals surface area contributed by atoms with E-state index in [-0.39, 0.29) is 36.5 Å². The predicted octanol–water partition coefficient (Wildman–Crippen LogP) is 3.49. The molecule has 200 valence electrons. The second-order valence-corrected chi connectivity index (χ2v) is 10.8. The molecule has 0 bridgehead atoms. The Bertz CT molecular complexity index is 889. The number of allylic oxidation sites excluding steroid dienone is 1. The second-order valence-electron chi connectivity index (χ2n) is 9.30. The monoisotopic (exact) mass is 583 g/mol. The summed E-state index contributed by atoms with van der Waals surface area (Å²) < 4.78 is 5.37. The summed E-state index contributed by atoms with van der Waals surface area (Å²) in [7, 11) is 0. The molecule has 2 unspecified atom stereocenters. The van der Waals surface area contributed by atoms with Crippen molar-refractivity contribution < 1.29 is 23.9 Å². The standard InChI is InChI=1S/C26H38BrN3O5S/c1-18(10-9-13-19-11-7-6-8-12-19)29-25(34)24(36-5)20(14-15-23(33)35-26(2,3)4)30-22(32)17-28-21(31)16-27/h6-8,11-12,20,24H,1,9-10,13-17H2,2-5H3,(H,28,31)(H,29,34)(H,30,32). The number of ether oxygens (including phenoxy) is 1. The van der Waals surface area contributed by atoms with Crippen LogP contribution in [0.5, 0.6) is 0 Å². The Hall–Kier alpha value is -2.33. The fourth-order valence-electron chi connectivity index (χ4n) is 3.36. The van der Waals surface area contributed by atoms with Crippen molar-refractivity contribution in [2.75, 3.05) is 18.1 Å². The van der Waals surface area contributed by atoms with E-state index in [2.05, 4.69) is 50.6 Å². The van der Waals surface area contributed by atoms with Crippen molar-refractivity contribution >= 4 is 51.4 Å². The van der Waals surface area contributed by atoms with Gasteiger partial charge in [-0.25, -0.2) is 0 Å². The molecule has 1 aromatic carbocycles. The molecule has 36 heavy (non-hydrogen) atoms. The molecule has 1 aromatic rings. The van der Waals surface area contributed by atoms with Gasteiger partial charge in [0.15, 0.2) is 0 Å². The summed E-state index contributed by atoms with van der Waals surface area (Å²) in [6.45, 7) is 9.08. The molecule has 0 radical (unpaired) electrons. The van der Waals surface area contributed by atoms with Crippen molar-refractivity contribution in [1.82, 2.24) is 16.0 Å². The zero-order valence-electron chi connectivity index (χ0n) is 21.5. The highest BCUT2D eigenvalue weighted by Crippen LogP contribution is 2.19. The van der Waals surface area contributed by atoms with E-state index in [1.165, 1.54) is 17.3 Å². The van der Waals surface area contributed by atoms with E-state index in [0.717, 1.165) is 12.8 Å².